The predicted octanol–water partition coefficient (Wildman–Crippen LogP) is 3.42. The zero-order chi connectivity index (χ0) is 17.4. The van der Waals surface area contributed by atoms with Crippen LogP contribution < -0.4 is 10.1 Å². The second kappa shape index (κ2) is 6.55. The van der Waals surface area contributed by atoms with Crippen LogP contribution in [0, 0.1) is 0 Å². The Labute approximate surface area is 150 Å². The number of aromatic nitrogens is 3. The van der Waals surface area contributed by atoms with Gasteiger partial charge in [-0.05, 0) is 43.7 Å². The van der Waals surface area contributed by atoms with Crippen LogP contribution >= 0.6 is 11.8 Å². The van der Waals surface area contributed by atoms with E-state index in [4.69, 9.17) is 4.74 Å². The van der Waals surface area contributed by atoms with Crippen molar-refractivity contribution >= 4 is 23.5 Å². The first kappa shape index (κ1) is 16.2. The minimum Gasteiger partial charge on any atom is -0.494 e. The number of carbonyl (C=O) groups excluding carboxylic acids is 1. The third kappa shape index (κ3) is 2.82. The molecular formula is C18H20N4O2S. The first-order valence-electron chi connectivity index (χ1n) is 8.47. The summed E-state index contributed by atoms with van der Waals surface area (Å²) >= 11 is 1.50. The Hall–Kier alpha value is -2.28. The lowest BCUT2D eigenvalue weighted by atomic mass is 9.85. The van der Waals surface area contributed by atoms with E-state index in [1.54, 1.807) is 0 Å². The Bertz CT molecular complexity index is 841. The van der Waals surface area contributed by atoms with Crippen LogP contribution in [0.3, 0.4) is 0 Å². The van der Waals surface area contributed by atoms with Crippen LogP contribution in [0.1, 0.15) is 37.8 Å². The lowest BCUT2D eigenvalue weighted by Gasteiger charge is -2.32. The van der Waals surface area contributed by atoms with E-state index in [0.717, 1.165) is 35.4 Å². The molecule has 0 radical (unpaired) electrons. The number of ketones is 1. The number of rotatable bonds is 4. The summed E-state index contributed by atoms with van der Waals surface area (Å²) in [5.74, 6) is 1.73. The number of allylic oxidation sites excluding steroid dienone is 2. The number of benzene rings is 1. The van der Waals surface area contributed by atoms with Gasteiger partial charge in [0.25, 0.3) is 0 Å². The van der Waals surface area contributed by atoms with Crippen molar-refractivity contribution in [1.29, 1.82) is 0 Å². The van der Waals surface area contributed by atoms with Crippen LogP contribution in [0.25, 0.3) is 0 Å². The van der Waals surface area contributed by atoms with Crippen molar-refractivity contribution in [2.24, 2.45) is 0 Å². The van der Waals surface area contributed by atoms with Crippen LogP contribution in [-0.4, -0.2) is 33.4 Å². The second-order valence-corrected chi connectivity index (χ2v) is 6.84. The van der Waals surface area contributed by atoms with Crippen LogP contribution in [0.4, 0.5) is 5.95 Å². The minimum atomic E-state index is -0.233. The molecule has 2 heterocycles. The predicted molar refractivity (Wildman–Crippen MR) is 97.1 cm³/mol. The molecule has 6 nitrogen and oxygen atoms in total. The number of anilines is 1. The molecule has 0 saturated heterocycles. The lowest BCUT2D eigenvalue weighted by molar-refractivity contribution is -0.116. The minimum absolute atomic E-state index is 0.194. The van der Waals surface area contributed by atoms with E-state index in [9.17, 15) is 4.79 Å². The Morgan fingerprint density at radius 3 is 2.84 bits per heavy atom. The highest BCUT2D eigenvalue weighted by atomic mass is 32.2. The highest BCUT2D eigenvalue weighted by Gasteiger charge is 2.36. The lowest BCUT2D eigenvalue weighted by Crippen LogP contribution is -2.31. The number of Topliss-reactive ketones (excluding diaryl/α,β-unsaturated/α-hetero) is 1. The van der Waals surface area contributed by atoms with E-state index >= 15 is 0 Å². The maximum Gasteiger partial charge on any atom is 0.227 e. The number of carbonyl (C=O) groups is 1. The summed E-state index contributed by atoms with van der Waals surface area (Å²) in [4.78, 5) is 17.2. The fourth-order valence-electron chi connectivity index (χ4n) is 3.44. The monoisotopic (exact) mass is 356 g/mol. The zero-order valence-corrected chi connectivity index (χ0v) is 15.1. The average molecular weight is 356 g/mol. The summed E-state index contributed by atoms with van der Waals surface area (Å²) in [6.45, 7) is 2.59. The molecular weight excluding hydrogens is 336 g/mol. The maximum atomic E-state index is 12.7. The van der Waals surface area contributed by atoms with Gasteiger partial charge in [0.2, 0.25) is 11.1 Å². The third-order valence-electron chi connectivity index (χ3n) is 4.54. The average Bonchev–Trinajstić information content (AvgIpc) is 3.04. The van der Waals surface area contributed by atoms with E-state index in [-0.39, 0.29) is 11.8 Å². The van der Waals surface area contributed by atoms with Gasteiger partial charge in [0.15, 0.2) is 5.78 Å². The molecule has 0 saturated carbocycles. The molecule has 4 rings (SSSR count). The molecule has 1 unspecified atom stereocenters. The van der Waals surface area contributed by atoms with Crippen molar-refractivity contribution in [3.63, 3.8) is 0 Å². The molecule has 0 spiro atoms. The number of hydrogen-bond donors (Lipinski definition) is 1. The number of nitrogens with zero attached hydrogens (tertiary/aromatic N) is 3. The van der Waals surface area contributed by atoms with E-state index in [2.05, 4.69) is 15.4 Å². The van der Waals surface area contributed by atoms with Gasteiger partial charge in [-0.25, -0.2) is 4.68 Å². The molecule has 0 fully saturated rings. The maximum absolute atomic E-state index is 12.7. The summed E-state index contributed by atoms with van der Waals surface area (Å²) in [7, 11) is 0. The second-order valence-electron chi connectivity index (χ2n) is 6.07. The topological polar surface area (TPSA) is 69.0 Å². The van der Waals surface area contributed by atoms with Gasteiger partial charge in [-0.15, -0.1) is 5.10 Å². The molecule has 7 heteroatoms. The summed E-state index contributed by atoms with van der Waals surface area (Å²) < 4.78 is 7.37. The third-order valence-corrected chi connectivity index (χ3v) is 5.08. The normalized spacial score (nSPS) is 19.3. The SMILES string of the molecule is CCOc1ccc(C2C3=C(CCCC3=O)Nc3nc(SC)nn32)cc1. The molecule has 2 aromatic rings. The van der Waals surface area contributed by atoms with Crippen molar-refractivity contribution in [1.82, 2.24) is 14.8 Å². The molecule has 1 aromatic carbocycles. The summed E-state index contributed by atoms with van der Waals surface area (Å²) in [5, 5.41) is 8.63. The van der Waals surface area contributed by atoms with Crippen LogP contribution in [0.5, 0.6) is 5.75 Å². The Balaban J connectivity index is 1.82. The first-order valence-corrected chi connectivity index (χ1v) is 9.70. The summed E-state index contributed by atoms with van der Waals surface area (Å²) in [5.41, 5.74) is 2.83. The smallest absolute Gasteiger partial charge is 0.227 e. The highest BCUT2D eigenvalue weighted by Crippen LogP contribution is 2.40. The molecule has 25 heavy (non-hydrogen) atoms. The number of ether oxygens (including phenoxy) is 1. The molecule has 2 aliphatic rings. The fourth-order valence-corrected chi connectivity index (χ4v) is 3.79. The van der Waals surface area contributed by atoms with Gasteiger partial charge in [-0.3, -0.25) is 4.79 Å². The molecule has 0 amide bonds. The van der Waals surface area contributed by atoms with Crippen molar-refractivity contribution in [3.8, 4) is 5.75 Å². The number of fused-ring (bicyclic) bond motifs is 1. The molecule has 1 aromatic heterocycles. The van der Waals surface area contributed by atoms with Gasteiger partial charge in [-0.1, -0.05) is 23.9 Å². The van der Waals surface area contributed by atoms with E-state index in [1.165, 1.54) is 11.8 Å². The van der Waals surface area contributed by atoms with Crippen molar-refractivity contribution < 1.29 is 9.53 Å². The van der Waals surface area contributed by atoms with Gasteiger partial charge in [0, 0.05) is 17.7 Å². The van der Waals surface area contributed by atoms with Crippen molar-refractivity contribution in [3.05, 3.63) is 41.1 Å². The molecule has 1 atom stereocenters. The van der Waals surface area contributed by atoms with Gasteiger partial charge in [-0.2, -0.15) is 4.98 Å². The Kier molecular flexibility index (Phi) is 4.25. The van der Waals surface area contributed by atoms with Crippen molar-refractivity contribution in [2.45, 2.75) is 37.4 Å². The largest absolute Gasteiger partial charge is 0.494 e. The number of thioether (sulfide) groups is 1. The van der Waals surface area contributed by atoms with Gasteiger partial charge in [0.1, 0.15) is 11.8 Å². The van der Waals surface area contributed by atoms with Crippen molar-refractivity contribution in [2.75, 3.05) is 18.2 Å². The zero-order valence-electron chi connectivity index (χ0n) is 14.3. The van der Waals surface area contributed by atoms with Gasteiger partial charge < -0.3 is 10.1 Å². The molecule has 0 bridgehead atoms. The van der Waals surface area contributed by atoms with Crippen LogP contribution in [0.2, 0.25) is 0 Å². The summed E-state index contributed by atoms with van der Waals surface area (Å²) in [6.07, 6.45) is 4.29. The molecule has 1 aliphatic heterocycles. The molecule has 130 valence electrons. The van der Waals surface area contributed by atoms with E-state index in [0.29, 0.717) is 24.1 Å². The Morgan fingerprint density at radius 1 is 1.32 bits per heavy atom. The number of nitrogens with one attached hydrogen (secondary N) is 1. The van der Waals surface area contributed by atoms with Gasteiger partial charge >= 0.3 is 0 Å². The quantitative estimate of drug-likeness (QED) is 0.847. The standard InChI is InChI=1S/C18H20N4O2S/c1-3-24-12-9-7-11(8-10-12)16-15-13(5-4-6-14(15)23)19-17-20-18(25-2)21-22(16)17/h7-10,16H,3-6H2,1-2H3,(H,19,20,21). The number of hydrogen-bond acceptors (Lipinski definition) is 6. The van der Waals surface area contributed by atoms with E-state index < -0.39 is 0 Å². The van der Waals surface area contributed by atoms with Gasteiger partial charge in [0.05, 0.1) is 6.61 Å². The highest BCUT2D eigenvalue weighted by molar-refractivity contribution is 7.98. The molecule has 1 N–H and O–H groups in total. The van der Waals surface area contributed by atoms with Crippen LogP contribution in [-0.2, 0) is 4.79 Å². The fraction of sp³-hybridized carbons (Fsp3) is 0.389. The Morgan fingerprint density at radius 2 is 2.12 bits per heavy atom. The van der Waals surface area contributed by atoms with Crippen LogP contribution in [0.15, 0.2) is 40.7 Å². The first-order chi connectivity index (χ1) is 12.2. The molecule has 1 aliphatic carbocycles. The summed E-state index contributed by atoms with van der Waals surface area (Å²) in [6, 6.07) is 7.68. The van der Waals surface area contributed by atoms with E-state index in [1.807, 2.05) is 42.1 Å².